The quantitative estimate of drug-likeness (QED) is 0.217. The van der Waals surface area contributed by atoms with Crippen molar-refractivity contribution in [3.8, 4) is 11.6 Å². The van der Waals surface area contributed by atoms with Gasteiger partial charge >= 0.3 is 6.18 Å². The molecule has 0 spiro atoms. The Hall–Kier alpha value is -3.14. The predicted molar refractivity (Wildman–Crippen MR) is 101 cm³/mol. The third-order valence-electron chi connectivity index (χ3n) is 3.73. The first-order valence-corrected chi connectivity index (χ1v) is 9.26. The van der Waals surface area contributed by atoms with Gasteiger partial charge in [-0.25, -0.2) is 4.98 Å². The molecule has 150 valence electrons. The van der Waals surface area contributed by atoms with Crippen LogP contribution in [0, 0.1) is 17.0 Å². The Labute approximate surface area is 167 Å². The van der Waals surface area contributed by atoms with Crippen molar-refractivity contribution in [1.29, 1.82) is 0 Å². The number of non-ortho nitro benzene ring substituents is 1. The smallest absolute Gasteiger partial charge is 0.433 e. The minimum atomic E-state index is -4.67. The summed E-state index contributed by atoms with van der Waals surface area (Å²) >= 11 is 1.05. The SMILES string of the molecule is Cc1ccc(CSc2nc(Oc3ccc([N+](=O)[O-])cc3)cc(C(F)(F)F)n2)cc1. The molecule has 0 bridgehead atoms. The number of ether oxygens (including phenoxy) is 1. The van der Waals surface area contributed by atoms with Crippen LogP contribution in [0.4, 0.5) is 18.9 Å². The molecule has 0 aliphatic rings. The van der Waals surface area contributed by atoms with Gasteiger partial charge in [0.15, 0.2) is 10.9 Å². The largest absolute Gasteiger partial charge is 0.439 e. The lowest BCUT2D eigenvalue weighted by Crippen LogP contribution is -2.10. The molecule has 29 heavy (non-hydrogen) atoms. The molecular formula is C19H14F3N3O3S. The zero-order chi connectivity index (χ0) is 21.0. The van der Waals surface area contributed by atoms with Crippen molar-refractivity contribution >= 4 is 17.4 Å². The van der Waals surface area contributed by atoms with E-state index < -0.39 is 16.8 Å². The number of aromatic nitrogens is 2. The average Bonchev–Trinajstić information content (AvgIpc) is 2.67. The Morgan fingerprint density at radius 3 is 2.31 bits per heavy atom. The lowest BCUT2D eigenvalue weighted by molar-refractivity contribution is -0.384. The van der Waals surface area contributed by atoms with E-state index in [4.69, 9.17) is 4.74 Å². The third kappa shape index (κ3) is 5.67. The van der Waals surface area contributed by atoms with E-state index in [1.165, 1.54) is 24.3 Å². The van der Waals surface area contributed by atoms with Crippen molar-refractivity contribution in [1.82, 2.24) is 9.97 Å². The zero-order valence-electron chi connectivity index (χ0n) is 15.0. The van der Waals surface area contributed by atoms with Gasteiger partial charge in [-0.1, -0.05) is 41.6 Å². The molecule has 0 unspecified atom stereocenters. The molecule has 0 saturated heterocycles. The Morgan fingerprint density at radius 2 is 1.72 bits per heavy atom. The summed E-state index contributed by atoms with van der Waals surface area (Å²) in [6.45, 7) is 1.94. The van der Waals surface area contributed by atoms with Crippen molar-refractivity contribution in [2.45, 2.75) is 24.0 Å². The molecule has 0 amide bonds. The summed E-state index contributed by atoms with van der Waals surface area (Å²) in [5.74, 6) is 0.211. The summed E-state index contributed by atoms with van der Waals surface area (Å²) in [6.07, 6.45) is -4.67. The van der Waals surface area contributed by atoms with E-state index in [2.05, 4.69) is 9.97 Å². The van der Waals surface area contributed by atoms with Gasteiger partial charge in [-0.2, -0.15) is 18.2 Å². The van der Waals surface area contributed by atoms with Gasteiger partial charge in [0, 0.05) is 24.0 Å². The maximum Gasteiger partial charge on any atom is 0.433 e. The lowest BCUT2D eigenvalue weighted by atomic mass is 10.2. The van der Waals surface area contributed by atoms with E-state index >= 15 is 0 Å². The predicted octanol–water partition coefficient (Wildman–Crippen LogP) is 5.80. The van der Waals surface area contributed by atoms with Gasteiger partial charge in [0.1, 0.15) is 5.75 Å². The number of halogens is 3. The van der Waals surface area contributed by atoms with Crippen molar-refractivity contribution < 1.29 is 22.8 Å². The highest BCUT2D eigenvalue weighted by Gasteiger charge is 2.34. The topological polar surface area (TPSA) is 78.2 Å². The number of thioether (sulfide) groups is 1. The summed E-state index contributed by atoms with van der Waals surface area (Å²) in [6, 6.07) is 13.2. The normalized spacial score (nSPS) is 11.3. The highest BCUT2D eigenvalue weighted by molar-refractivity contribution is 7.98. The Morgan fingerprint density at radius 1 is 1.07 bits per heavy atom. The number of nitrogens with zero attached hydrogens (tertiary/aromatic N) is 3. The van der Waals surface area contributed by atoms with Gasteiger partial charge in [-0.05, 0) is 24.6 Å². The van der Waals surface area contributed by atoms with Gasteiger partial charge in [0.05, 0.1) is 4.92 Å². The van der Waals surface area contributed by atoms with Crippen LogP contribution in [0.3, 0.4) is 0 Å². The molecule has 3 rings (SSSR count). The molecule has 0 aliphatic carbocycles. The number of rotatable bonds is 6. The summed E-state index contributed by atoms with van der Waals surface area (Å²) < 4.78 is 45.0. The van der Waals surface area contributed by atoms with E-state index in [9.17, 15) is 23.3 Å². The Kier molecular flexibility index (Phi) is 6.02. The van der Waals surface area contributed by atoms with Crippen LogP contribution in [0.5, 0.6) is 11.6 Å². The van der Waals surface area contributed by atoms with Crippen molar-refractivity contribution in [2.24, 2.45) is 0 Å². The summed E-state index contributed by atoms with van der Waals surface area (Å²) in [7, 11) is 0. The first-order chi connectivity index (χ1) is 13.7. The van der Waals surface area contributed by atoms with Gasteiger partial charge < -0.3 is 4.74 Å². The number of nitro groups is 1. The zero-order valence-corrected chi connectivity index (χ0v) is 15.8. The highest BCUT2D eigenvalue weighted by atomic mass is 32.2. The molecule has 0 N–H and O–H groups in total. The molecule has 0 saturated carbocycles. The fourth-order valence-corrected chi connectivity index (χ4v) is 3.06. The molecule has 6 nitrogen and oxygen atoms in total. The van der Waals surface area contributed by atoms with Gasteiger partial charge in [-0.15, -0.1) is 0 Å². The first-order valence-electron chi connectivity index (χ1n) is 8.27. The van der Waals surface area contributed by atoms with Gasteiger partial charge in [0.25, 0.3) is 5.69 Å². The molecule has 0 radical (unpaired) electrons. The number of alkyl halides is 3. The summed E-state index contributed by atoms with van der Waals surface area (Å²) in [5.41, 5.74) is 0.702. The monoisotopic (exact) mass is 421 g/mol. The minimum absolute atomic E-state index is 0.0858. The molecule has 0 aliphatic heterocycles. The second kappa shape index (κ2) is 8.48. The number of hydrogen-bond acceptors (Lipinski definition) is 6. The molecular weight excluding hydrogens is 407 g/mol. The highest BCUT2D eigenvalue weighted by Crippen LogP contribution is 2.33. The number of nitro benzene ring substituents is 1. The van der Waals surface area contributed by atoms with E-state index in [-0.39, 0.29) is 22.5 Å². The van der Waals surface area contributed by atoms with Crippen LogP contribution in [-0.2, 0) is 11.9 Å². The molecule has 1 aromatic heterocycles. The molecule has 0 fully saturated rings. The molecule has 1 heterocycles. The van der Waals surface area contributed by atoms with E-state index in [1.54, 1.807) is 0 Å². The fourth-order valence-electron chi connectivity index (χ4n) is 2.25. The van der Waals surface area contributed by atoms with Crippen LogP contribution in [0.25, 0.3) is 0 Å². The number of aryl methyl sites for hydroxylation is 1. The summed E-state index contributed by atoms with van der Waals surface area (Å²) in [5, 5.41) is 10.6. The van der Waals surface area contributed by atoms with Crippen LogP contribution in [0.2, 0.25) is 0 Å². The molecule has 10 heteroatoms. The second-order valence-electron chi connectivity index (χ2n) is 6.00. The minimum Gasteiger partial charge on any atom is -0.439 e. The van der Waals surface area contributed by atoms with Gasteiger partial charge in [0.2, 0.25) is 5.88 Å². The maximum atomic E-state index is 13.2. The molecule has 3 aromatic rings. The second-order valence-corrected chi connectivity index (χ2v) is 6.94. The van der Waals surface area contributed by atoms with Crippen LogP contribution in [0.1, 0.15) is 16.8 Å². The maximum absolute atomic E-state index is 13.2. The Bertz CT molecular complexity index is 1010. The third-order valence-corrected chi connectivity index (χ3v) is 4.65. The van der Waals surface area contributed by atoms with Crippen LogP contribution in [-0.4, -0.2) is 14.9 Å². The lowest BCUT2D eigenvalue weighted by Gasteiger charge is -2.11. The number of hydrogen-bond donors (Lipinski definition) is 0. The van der Waals surface area contributed by atoms with Crippen molar-refractivity contribution in [3.63, 3.8) is 0 Å². The Balaban J connectivity index is 1.83. The van der Waals surface area contributed by atoms with Crippen molar-refractivity contribution in [3.05, 3.63) is 81.5 Å². The summed E-state index contributed by atoms with van der Waals surface area (Å²) in [4.78, 5) is 17.7. The molecule has 0 atom stereocenters. The fraction of sp³-hybridized carbons (Fsp3) is 0.158. The standard InChI is InChI=1S/C19H14F3N3O3S/c1-12-2-4-13(5-3-12)11-29-18-23-16(19(20,21)22)10-17(24-18)28-15-8-6-14(7-9-15)25(26)27/h2-10H,11H2,1H3. The van der Waals surface area contributed by atoms with Crippen molar-refractivity contribution in [2.75, 3.05) is 0 Å². The van der Waals surface area contributed by atoms with E-state index in [0.717, 1.165) is 22.9 Å². The van der Waals surface area contributed by atoms with Crippen LogP contribution >= 0.6 is 11.8 Å². The first kappa shape index (κ1) is 20.6. The van der Waals surface area contributed by atoms with Crippen LogP contribution in [0.15, 0.2) is 59.8 Å². The number of benzene rings is 2. The average molecular weight is 421 g/mol. The van der Waals surface area contributed by atoms with E-state index in [0.29, 0.717) is 11.8 Å². The molecule has 2 aromatic carbocycles. The van der Waals surface area contributed by atoms with Crippen LogP contribution < -0.4 is 4.74 Å². The van der Waals surface area contributed by atoms with Gasteiger partial charge in [-0.3, -0.25) is 10.1 Å². The van der Waals surface area contributed by atoms with E-state index in [1.807, 2.05) is 31.2 Å².